The van der Waals surface area contributed by atoms with Gasteiger partial charge in [-0.2, -0.15) is 0 Å². The van der Waals surface area contributed by atoms with E-state index in [0.29, 0.717) is 12.0 Å². The first-order valence-corrected chi connectivity index (χ1v) is 7.00. The molecule has 0 radical (unpaired) electrons. The number of benzene rings is 1. The highest BCUT2D eigenvalue weighted by Crippen LogP contribution is 2.13. The number of hydrogen-bond donors (Lipinski definition) is 1. The van der Waals surface area contributed by atoms with Crippen LogP contribution in [0.15, 0.2) is 24.3 Å². The second-order valence-electron chi connectivity index (χ2n) is 5.37. The predicted octanol–water partition coefficient (Wildman–Crippen LogP) is 3.61. The molecule has 0 spiro atoms. The van der Waals surface area contributed by atoms with E-state index in [1.54, 1.807) is 0 Å². The Morgan fingerprint density at radius 2 is 1.89 bits per heavy atom. The predicted molar refractivity (Wildman–Crippen MR) is 81.1 cm³/mol. The number of terminal acetylenes is 1. The van der Waals surface area contributed by atoms with Crippen molar-refractivity contribution in [1.29, 1.82) is 0 Å². The lowest BCUT2D eigenvalue weighted by atomic mass is 10.1. The van der Waals surface area contributed by atoms with Gasteiger partial charge < -0.3 is 10.1 Å². The van der Waals surface area contributed by atoms with Gasteiger partial charge in [0.05, 0.1) is 6.61 Å². The zero-order valence-corrected chi connectivity index (χ0v) is 12.3. The molecule has 0 aliphatic carbocycles. The van der Waals surface area contributed by atoms with Crippen LogP contribution in [0.25, 0.3) is 0 Å². The van der Waals surface area contributed by atoms with Crippen molar-refractivity contribution in [1.82, 2.24) is 5.32 Å². The van der Waals surface area contributed by atoms with Gasteiger partial charge in [-0.25, -0.2) is 0 Å². The van der Waals surface area contributed by atoms with Crippen LogP contribution >= 0.6 is 0 Å². The van der Waals surface area contributed by atoms with Crippen molar-refractivity contribution in [2.45, 2.75) is 46.2 Å². The molecule has 0 aliphatic rings. The third-order valence-electron chi connectivity index (χ3n) is 2.97. The molecule has 2 heteroatoms. The van der Waals surface area contributed by atoms with Gasteiger partial charge in [0, 0.05) is 19.0 Å². The molecule has 0 saturated heterocycles. The first-order chi connectivity index (χ1) is 9.11. The highest BCUT2D eigenvalue weighted by molar-refractivity contribution is 5.27. The average Bonchev–Trinajstić information content (AvgIpc) is 2.38. The topological polar surface area (TPSA) is 21.3 Å². The monoisotopic (exact) mass is 259 g/mol. The molecule has 0 amide bonds. The molecule has 0 fully saturated rings. The number of ether oxygens (including phenoxy) is 1. The summed E-state index contributed by atoms with van der Waals surface area (Å²) in [6.07, 6.45) is 7.13. The number of hydrogen-bond acceptors (Lipinski definition) is 2. The molecule has 104 valence electrons. The second kappa shape index (κ2) is 8.61. The summed E-state index contributed by atoms with van der Waals surface area (Å²) in [7, 11) is 0. The van der Waals surface area contributed by atoms with E-state index in [2.05, 4.69) is 44.1 Å². The van der Waals surface area contributed by atoms with Gasteiger partial charge >= 0.3 is 0 Å². The smallest absolute Gasteiger partial charge is 0.119 e. The first kappa shape index (κ1) is 15.6. The van der Waals surface area contributed by atoms with E-state index < -0.39 is 0 Å². The minimum Gasteiger partial charge on any atom is -0.494 e. The zero-order valence-electron chi connectivity index (χ0n) is 12.3. The van der Waals surface area contributed by atoms with Crippen LogP contribution in [-0.4, -0.2) is 12.6 Å². The fourth-order valence-electron chi connectivity index (χ4n) is 1.66. The fraction of sp³-hybridized carbons (Fsp3) is 0.529. The molecular weight excluding hydrogens is 234 g/mol. The van der Waals surface area contributed by atoms with E-state index in [0.717, 1.165) is 31.7 Å². The minimum absolute atomic E-state index is 0.354. The van der Waals surface area contributed by atoms with Crippen molar-refractivity contribution in [2.24, 2.45) is 5.92 Å². The highest BCUT2D eigenvalue weighted by Gasteiger charge is 2.00. The summed E-state index contributed by atoms with van der Waals surface area (Å²) < 4.78 is 5.69. The SMILES string of the molecule is C#CCC(C)NCc1ccc(OCCC(C)C)cc1. The Labute approximate surface area is 117 Å². The molecule has 1 aromatic carbocycles. The molecular formula is C17H25NO. The van der Waals surface area contributed by atoms with Crippen LogP contribution in [0, 0.1) is 18.3 Å². The lowest BCUT2D eigenvalue weighted by Gasteiger charge is -2.12. The molecule has 19 heavy (non-hydrogen) atoms. The maximum Gasteiger partial charge on any atom is 0.119 e. The van der Waals surface area contributed by atoms with Crippen molar-refractivity contribution in [3.63, 3.8) is 0 Å². The minimum atomic E-state index is 0.354. The van der Waals surface area contributed by atoms with Gasteiger partial charge in [0.1, 0.15) is 5.75 Å². The van der Waals surface area contributed by atoms with Crippen LogP contribution in [0.2, 0.25) is 0 Å². The summed E-state index contributed by atoms with van der Waals surface area (Å²) >= 11 is 0. The Hall–Kier alpha value is -1.46. The van der Waals surface area contributed by atoms with Crippen LogP contribution in [0.1, 0.15) is 39.2 Å². The molecule has 0 aliphatic heterocycles. The molecule has 1 N–H and O–H groups in total. The second-order valence-corrected chi connectivity index (χ2v) is 5.37. The van der Waals surface area contributed by atoms with Gasteiger partial charge in [0.25, 0.3) is 0 Å². The lowest BCUT2D eigenvalue weighted by Crippen LogP contribution is -2.24. The molecule has 0 aromatic heterocycles. The van der Waals surface area contributed by atoms with Crippen molar-refractivity contribution in [3.05, 3.63) is 29.8 Å². The van der Waals surface area contributed by atoms with Crippen LogP contribution in [-0.2, 0) is 6.54 Å². The van der Waals surface area contributed by atoms with Gasteiger partial charge in [0.2, 0.25) is 0 Å². The van der Waals surface area contributed by atoms with E-state index in [4.69, 9.17) is 11.2 Å². The van der Waals surface area contributed by atoms with E-state index in [1.807, 2.05) is 12.1 Å². The Morgan fingerprint density at radius 3 is 2.47 bits per heavy atom. The molecule has 1 unspecified atom stereocenters. The third kappa shape index (κ3) is 6.88. The van der Waals surface area contributed by atoms with Crippen LogP contribution in [0.5, 0.6) is 5.75 Å². The molecule has 0 saturated carbocycles. The molecule has 2 nitrogen and oxygen atoms in total. The van der Waals surface area contributed by atoms with Crippen LogP contribution < -0.4 is 10.1 Å². The Morgan fingerprint density at radius 1 is 1.21 bits per heavy atom. The van der Waals surface area contributed by atoms with Crippen molar-refractivity contribution in [2.75, 3.05) is 6.61 Å². The zero-order chi connectivity index (χ0) is 14.1. The van der Waals surface area contributed by atoms with E-state index >= 15 is 0 Å². The largest absolute Gasteiger partial charge is 0.494 e. The van der Waals surface area contributed by atoms with Crippen molar-refractivity contribution < 1.29 is 4.74 Å². The maximum atomic E-state index is 5.69. The summed E-state index contributed by atoms with van der Waals surface area (Å²) in [6.45, 7) is 8.14. The Balaban J connectivity index is 2.33. The Bertz CT molecular complexity index is 389. The lowest BCUT2D eigenvalue weighted by molar-refractivity contribution is 0.289. The standard InChI is InChI=1S/C17H25NO/c1-5-6-15(4)18-13-16-7-9-17(10-8-16)19-12-11-14(2)3/h1,7-10,14-15,18H,6,11-13H2,2-4H3. The maximum absolute atomic E-state index is 5.69. The molecule has 1 aromatic rings. The van der Waals surface area contributed by atoms with Crippen molar-refractivity contribution >= 4 is 0 Å². The van der Waals surface area contributed by atoms with Gasteiger partial charge in [-0.1, -0.05) is 26.0 Å². The van der Waals surface area contributed by atoms with Gasteiger partial charge in [-0.15, -0.1) is 12.3 Å². The van der Waals surface area contributed by atoms with Crippen LogP contribution in [0.4, 0.5) is 0 Å². The van der Waals surface area contributed by atoms with Gasteiger partial charge in [-0.3, -0.25) is 0 Å². The van der Waals surface area contributed by atoms with Crippen molar-refractivity contribution in [3.8, 4) is 18.1 Å². The van der Waals surface area contributed by atoms with Crippen LogP contribution in [0.3, 0.4) is 0 Å². The molecule has 1 atom stereocenters. The molecule has 0 bridgehead atoms. The fourth-order valence-corrected chi connectivity index (χ4v) is 1.66. The van der Waals surface area contributed by atoms with E-state index in [9.17, 15) is 0 Å². The Kier molecular flexibility index (Phi) is 7.07. The van der Waals surface area contributed by atoms with E-state index in [-0.39, 0.29) is 0 Å². The number of rotatable bonds is 8. The van der Waals surface area contributed by atoms with E-state index in [1.165, 1.54) is 5.56 Å². The quantitative estimate of drug-likeness (QED) is 0.720. The summed E-state index contributed by atoms with van der Waals surface area (Å²) in [5.41, 5.74) is 1.25. The molecule has 0 heterocycles. The summed E-state index contributed by atoms with van der Waals surface area (Å²) in [4.78, 5) is 0. The average molecular weight is 259 g/mol. The highest BCUT2D eigenvalue weighted by atomic mass is 16.5. The summed E-state index contributed by atoms with van der Waals surface area (Å²) in [5.74, 6) is 4.29. The van der Waals surface area contributed by atoms with Gasteiger partial charge in [0.15, 0.2) is 0 Å². The number of nitrogens with one attached hydrogen (secondary N) is 1. The first-order valence-electron chi connectivity index (χ1n) is 7.00. The van der Waals surface area contributed by atoms with Gasteiger partial charge in [-0.05, 0) is 37.0 Å². The normalized spacial score (nSPS) is 12.2. The third-order valence-corrected chi connectivity index (χ3v) is 2.97. The summed E-state index contributed by atoms with van der Waals surface area (Å²) in [6, 6.07) is 8.61. The summed E-state index contributed by atoms with van der Waals surface area (Å²) in [5, 5.41) is 3.39. The molecule has 1 rings (SSSR count).